The summed E-state index contributed by atoms with van der Waals surface area (Å²) in [5, 5.41) is 0. The number of aromatic nitrogens is 1. The second-order valence-corrected chi connectivity index (χ2v) is 5.18. The Morgan fingerprint density at radius 2 is 1.80 bits per heavy atom. The number of hydrogen-bond acceptors (Lipinski definition) is 4. The quantitative estimate of drug-likeness (QED) is 0.801. The van der Waals surface area contributed by atoms with Gasteiger partial charge >= 0.3 is 0 Å². The molecule has 2 aromatic rings. The van der Waals surface area contributed by atoms with Crippen LogP contribution < -0.4 is 0 Å². The molecule has 0 atom stereocenters. The average Bonchev–Trinajstić information content (AvgIpc) is 3.17. The van der Waals surface area contributed by atoms with Gasteiger partial charge in [0.1, 0.15) is 11.5 Å². The number of carbonyl (C=O) groups is 2. The number of carbonyl (C=O) groups excluding carboxylic acids is 2. The van der Waals surface area contributed by atoms with Crippen LogP contribution in [0.15, 0.2) is 35.1 Å². The molecule has 0 saturated heterocycles. The molecule has 4 rings (SSSR count). The van der Waals surface area contributed by atoms with E-state index >= 15 is 0 Å². The fraction of sp³-hybridized carbons (Fsp3) is 0.267. The lowest BCUT2D eigenvalue weighted by molar-refractivity contribution is 0.0640. The second-order valence-electron chi connectivity index (χ2n) is 5.18. The Bertz CT molecular complexity index is 680. The van der Waals surface area contributed by atoms with Crippen LogP contribution >= 0.6 is 0 Å². The lowest BCUT2D eigenvalue weighted by atomic mass is 10.1. The van der Waals surface area contributed by atoms with Gasteiger partial charge in [0.05, 0.1) is 17.7 Å². The number of oxazole rings is 1. The molecule has 2 amide bonds. The maximum atomic E-state index is 12.3. The lowest BCUT2D eigenvalue weighted by Gasteiger charge is -2.12. The zero-order valence-electron chi connectivity index (χ0n) is 10.7. The number of hydrogen-bond donors (Lipinski definition) is 0. The molecule has 0 unspecified atom stereocenters. The van der Waals surface area contributed by atoms with Crippen LogP contribution in [-0.2, 0) is 6.54 Å². The van der Waals surface area contributed by atoms with Crippen LogP contribution in [0.1, 0.15) is 50.9 Å². The fourth-order valence-corrected chi connectivity index (χ4v) is 2.61. The number of amides is 2. The SMILES string of the molecule is O=C1c2ccccc2C(=O)N1Cc1ncoc1C1CC1. The summed E-state index contributed by atoms with van der Waals surface area (Å²) in [4.78, 5) is 30.0. The smallest absolute Gasteiger partial charge is 0.261 e. The minimum absolute atomic E-state index is 0.189. The van der Waals surface area contributed by atoms with Crippen LogP contribution in [0.4, 0.5) is 0 Å². The molecule has 2 aliphatic rings. The van der Waals surface area contributed by atoms with E-state index in [1.165, 1.54) is 11.3 Å². The molecular weight excluding hydrogens is 256 g/mol. The van der Waals surface area contributed by atoms with E-state index in [2.05, 4.69) is 4.98 Å². The van der Waals surface area contributed by atoms with Crippen LogP contribution in [-0.4, -0.2) is 21.7 Å². The minimum Gasteiger partial charge on any atom is -0.448 e. The van der Waals surface area contributed by atoms with Crippen molar-refractivity contribution in [2.45, 2.75) is 25.3 Å². The van der Waals surface area contributed by atoms with Crippen molar-refractivity contribution in [1.82, 2.24) is 9.88 Å². The molecule has 2 heterocycles. The first kappa shape index (κ1) is 11.4. The van der Waals surface area contributed by atoms with Crippen molar-refractivity contribution in [1.29, 1.82) is 0 Å². The van der Waals surface area contributed by atoms with Crippen LogP contribution in [0.25, 0.3) is 0 Å². The van der Waals surface area contributed by atoms with E-state index in [1.54, 1.807) is 24.3 Å². The molecule has 0 radical (unpaired) electrons. The van der Waals surface area contributed by atoms with Crippen molar-refractivity contribution in [3.8, 4) is 0 Å². The number of benzene rings is 1. The monoisotopic (exact) mass is 268 g/mol. The van der Waals surface area contributed by atoms with Gasteiger partial charge in [-0.1, -0.05) is 12.1 Å². The third-order valence-electron chi connectivity index (χ3n) is 3.81. The summed E-state index contributed by atoms with van der Waals surface area (Å²) in [6, 6.07) is 6.89. The summed E-state index contributed by atoms with van der Waals surface area (Å²) < 4.78 is 5.39. The summed E-state index contributed by atoms with van der Waals surface area (Å²) in [7, 11) is 0. The Morgan fingerprint density at radius 3 is 2.40 bits per heavy atom. The van der Waals surface area contributed by atoms with E-state index in [4.69, 9.17) is 4.42 Å². The standard InChI is InChI=1S/C15H12N2O3/c18-14-10-3-1-2-4-11(10)15(19)17(14)7-12-13(9-5-6-9)20-8-16-12/h1-4,8-9H,5-7H2. The Hall–Kier alpha value is -2.43. The molecule has 100 valence electrons. The maximum absolute atomic E-state index is 12.3. The maximum Gasteiger partial charge on any atom is 0.261 e. The predicted molar refractivity (Wildman–Crippen MR) is 69.1 cm³/mol. The van der Waals surface area contributed by atoms with Crippen molar-refractivity contribution in [3.63, 3.8) is 0 Å². The van der Waals surface area contributed by atoms with E-state index in [-0.39, 0.29) is 18.4 Å². The van der Waals surface area contributed by atoms with Gasteiger partial charge in [0.25, 0.3) is 11.8 Å². The van der Waals surface area contributed by atoms with Gasteiger partial charge in [0.2, 0.25) is 0 Å². The molecule has 1 aromatic heterocycles. The van der Waals surface area contributed by atoms with Gasteiger partial charge in [0, 0.05) is 5.92 Å². The van der Waals surface area contributed by atoms with E-state index in [9.17, 15) is 9.59 Å². The van der Waals surface area contributed by atoms with Gasteiger partial charge in [-0.2, -0.15) is 0 Å². The third kappa shape index (κ3) is 1.59. The molecule has 1 aromatic carbocycles. The lowest BCUT2D eigenvalue weighted by Crippen LogP contribution is -2.29. The molecule has 1 aliphatic carbocycles. The van der Waals surface area contributed by atoms with Gasteiger partial charge in [-0.3, -0.25) is 14.5 Å². The summed E-state index contributed by atoms with van der Waals surface area (Å²) in [6.07, 6.45) is 3.57. The first-order chi connectivity index (χ1) is 9.75. The first-order valence-electron chi connectivity index (χ1n) is 6.63. The number of rotatable bonds is 3. The first-order valence-corrected chi connectivity index (χ1v) is 6.63. The zero-order valence-corrected chi connectivity index (χ0v) is 10.7. The van der Waals surface area contributed by atoms with E-state index in [0.717, 1.165) is 18.6 Å². The fourth-order valence-electron chi connectivity index (χ4n) is 2.61. The topological polar surface area (TPSA) is 63.4 Å². The molecule has 20 heavy (non-hydrogen) atoms. The molecule has 1 fully saturated rings. The van der Waals surface area contributed by atoms with Crippen molar-refractivity contribution >= 4 is 11.8 Å². The van der Waals surface area contributed by atoms with E-state index < -0.39 is 0 Å². The van der Waals surface area contributed by atoms with Gasteiger partial charge in [0.15, 0.2) is 6.39 Å². The Labute approximate surface area is 115 Å². The third-order valence-corrected chi connectivity index (χ3v) is 3.81. The van der Waals surface area contributed by atoms with Gasteiger partial charge in [-0.05, 0) is 25.0 Å². The molecule has 1 saturated carbocycles. The van der Waals surface area contributed by atoms with E-state index in [1.807, 2.05) is 0 Å². The summed E-state index contributed by atoms with van der Waals surface area (Å²) >= 11 is 0. The highest BCUT2D eigenvalue weighted by atomic mass is 16.3. The zero-order chi connectivity index (χ0) is 13.7. The number of imide groups is 1. The normalized spacial score (nSPS) is 17.7. The van der Waals surface area contributed by atoms with Crippen LogP contribution in [0.5, 0.6) is 0 Å². The molecular formula is C15H12N2O3. The highest BCUT2D eigenvalue weighted by Gasteiger charge is 2.37. The number of fused-ring (bicyclic) bond motifs is 1. The highest BCUT2D eigenvalue weighted by molar-refractivity contribution is 6.21. The molecule has 0 bridgehead atoms. The largest absolute Gasteiger partial charge is 0.448 e. The van der Waals surface area contributed by atoms with E-state index in [0.29, 0.717) is 22.7 Å². The molecule has 0 spiro atoms. The average molecular weight is 268 g/mol. The van der Waals surface area contributed by atoms with Crippen molar-refractivity contribution in [2.24, 2.45) is 0 Å². The van der Waals surface area contributed by atoms with Gasteiger partial charge in [-0.15, -0.1) is 0 Å². The predicted octanol–water partition coefficient (Wildman–Crippen LogP) is 2.35. The number of nitrogens with zero attached hydrogens (tertiary/aromatic N) is 2. The van der Waals surface area contributed by atoms with Crippen molar-refractivity contribution < 1.29 is 14.0 Å². The Balaban J connectivity index is 1.66. The van der Waals surface area contributed by atoms with Crippen LogP contribution in [0, 0.1) is 0 Å². The Morgan fingerprint density at radius 1 is 1.15 bits per heavy atom. The van der Waals surface area contributed by atoms with Crippen LogP contribution in [0.3, 0.4) is 0 Å². The molecule has 0 N–H and O–H groups in total. The second kappa shape index (κ2) is 4.03. The summed E-state index contributed by atoms with van der Waals surface area (Å²) in [5.41, 5.74) is 1.63. The summed E-state index contributed by atoms with van der Waals surface area (Å²) in [5.74, 6) is 0.718. The summed E-state index contributed by atoms with van der Waals surface area (Å²) in [6.45, 7) is 0.189. The van der Waals surface area contributed by atoms with Gasteiger partial charge < -0.3 is 4.42 Å². The molecule has 5 heteroatoms. The van der Waals surface area contributed by atoms with Gasteiger partial charge in [-0.25, -0.2) is 4.98 Å². The van der Waals surface area contributed by atoms with Crippen molar-refractivity contribution in [2.75, 3.05) is 0 Å². The Kier molecular flexibility index (Phi) is 2.30. The van der Waals surface area contributed by atoms with Crippen LogP contribution in [0.2, 0.25) is 0 Å². The highest BCUT2D eigenvalue weighted by Crippen LogP contribution is 2.42. The van der Waals surface area contributed by atoms with Crippen molar-refractivity contribution in [3.05, 3.63) is 53.2 Å². The molecule has 5 nitrogen and oxygen atoms in total. The minimum atomic E-state index is -0.254. The molecule has 1 aliphatic heterocycles.